The van der Waals surface area contributed by atoms with E-state index in [1.54, 1.807) is 0 Å². The molecule has 0 aliphatic rings. The Balaban J connectivity index is 3.31. The van der Waals surface area contributed by atoms with Gasteiger partial charge in [-0.1, -0.05) is 51.4 Å². The van der Waals surface area contributed by atoms with Gasteiger partial charge >= 0.3 is 0 Å². The fraction of sp³-hybridized carbons (Fsp3) is 1.00. The predicted octanol–water partition coefficient (Wildman–Crippen LogP) is 3.23. The highest BCUT2D eigenvalue weighted by molar-refractivity contribution is 7.87. The van der Waals surface area contributed by atoms with Gasteiger partial charge in [-0.15, -0.1) is 11.6 Å². The Bertz CT molecular complexity index is 460. The minimum atomic E-state index is -4.12. The average Bonchev–Trinajstić information content (AvgIpc) is 2.33. The van der Waals surface area contributed by atoms with Crippen LogP contribution in [0.2, 0.25) is 0 Å². The predicted molar refractivity (Wildman–Crippen MR) is 83.8 cm³/mol. The van der Waals surface area contributed by atoms with Crippen LogP contribution >= 0.6 is 11.6 Å². The van der Waals surface area contributed by atoms with Crippen LogP contribution < -0.4 is 0 Å². The number of hydrogen-bond donors (Lipinski definition) is 2. The van der Waals surface area contributed by atoms with Gasteiger partial charge in [-0.2, -0.15) is 16.8 Å². The van der Waals surface area contributed by atoms with E-state index < -0.39 is 24.9 Å². The Kier molecular flexibility index (Phi) is 10.8. The Hall–Kier alpha value is 0.110. The van der Waals surface area contributed by atoms with E-state index in [4.69, 9.17) is 20.7 Å². The zero-order chi connectivity index (χ0) is 16.4. The van der Waals surface area contributed by atoms with Gasteiger partial charge in [0.25, 0.3) is 20.2 Å². The second kappa shape index (κ2) is 10.8. The number of alkyl halides is 1. The molecule has 2 N–H and O–H groups in total. The van der Waals surface area contributed by atoms with Crippen LogP contribution in [0.4, 0.5) is 0 Å². The fourth-order valence-electron chi connectivity index (χ4n) is 1.98. The standard InChI is InChI=1S/C12H25ClO6S2/c13-12(21(17,18)19)10-8-6-4-2-1-3-5-7-9-11-20(14,15)16/h12H,1-11H2,(H,14,15,16)(H,17,18,19). The average molecular weight is 365 g/mol. The summed E-state index contributed by atoms with van der Waals surface area (Å²) in [6, 6.07) is 0. The van der Waals surface area contributed by atoms with Gasteiger partial charge in [0, 0.05) is 0 Å². The van der Waals surface area contributed by atoms with E-state index in [-0.39, 0.29) is 12.2 Å². The second-order valence-corrected chi connectivity index (χ2v) is 9.14. The molecule has 0 rings (SSSR count). The van der Waals surface area contributed by atoms with Crippen LogP contribution in [-0.4, -0.2) is 36.4 Å². The van der Waals surface area contributed by atoms with Gasteiger partial charge in [0.15, 0.2) is 4.71 Å². The van der Waals surface area contributed by atoms with Crippen molar-refractivity contribution in [1.29, 1.82) is 0 Å². The molecule has 128 valence electrons. The molecule has 0 aromatic heterocycles. The topological polar surface area (TPSA) is 109 Å². The summed E-state index contributed by atoms with van der Waals surface area (Å²) in [5.74, 6) is -0.166. The van der Waals surface area contributed by atoms with Crippen molar-refractivity contribution in [1.82, 2.24) is 0 Å². The van der Waals surface area contributed by atoms with E-state index in [0.29, 0.717) is 12.8 Å². The largest absolute Gasteiger partial charge is 0.286 e. The summed E-state index contributed by atoms with van der Waals surface area (Å²) in [7, 11) is -7.94. The molecule has 0 amide bonds. The minimum absolute atomic E-state index is 0.166. The molecule has 0 aliphatic heterocycles. The summed E-state index contributed by atoms with van der Waals surface area (Å²) in [5.41, 5.74) is 0. The third kappa shape index (κ3) is 14.8. The molecule has 0 fully saturated rings. The van der Waals surface area contributed by atoms with E-state index in [9.17, 15) is 16.8 Å². The van der Waals surface area contributed by atoms with Crippen molar-refractivity contribution in [3.05, 3.63) is 0 Å². The normalized spacial score (nSPS) is 14.2. The highest BCUT2D eigenvalue weighted by Gasteiger charge is 2.18. The Morgan fingerprint density at radius 3 is 1.48 bits per heavy atom. The first-order valence-electron chi connectivity index (χ1n) is 7.18. The lowest BCUT2D eigenvalue weighted by Crippen LogP contribution is -2.13. The van der Waals surface area contributed by atoms with Crippen LogP contribution in [0.1, 0.15) is 64.2 Å². The SMILES string of the molecule is O=S(=O)(O)CCCCCCCCCCCC(Cl)S(=O)(=O)O. The Morgan fingerprint density at radius 1 is 0.714 bits per heavy atom. The third-order valence-corrected chi connectivity index (χ3v) is 5.74. The molecule has 0 bridgehead atoms. The molecular weight excluding hydrogens is 340 g/mol. The molecule has 6 nitrogen and oxygen atoms in total. The van der Waals surface area contributed by atoms with Crippen molar-refractivity contribution >= 4 is 31.8 Å². The Morgan fingerprint density at radius 2 is 1.10 bits per heavy atom. The van der Waals surface area contributed by atoms with Crippen molar-refractivity contribution in [3.63, 3.8) is 0 Å². The van der Waals surface area contributed by atoms with E-state index in [1.165, 1.54) is 0 Å². The van der Waals surface area contributed by atoms with E-state index >= 15 is 0 Å². The number of rotatable bonds is 13. The number of hydrogen-bond acceptors (Lipinski definition) is 4. The first kappa shape index (κ1) is 21.1. The smallest absolute Gasteiger partial charge is 0.281 e. The molecule has 1 atom stereocenters. The molecule has 0 radical (unpaired) electrons. The molecule has 0 saturated carbocycles. The first-order chi connectivity index (χ1) is 9.63. The maximum atomic E-state index is 10.7. The van der Waals surface area contributed by atoms with Crippen molar-refractivity contribution in [2.24, 2.45) is 0 Å². The van der Waals surface area contributed by atoms with Gasteiger partial charge < -0.3 is 0 Å². The third-order valence-electron chi connectivity index (χ3n) is 3.16. The molecule has 0 spiro atoms. The zero-order valence-electron chi connectivity index (χ0n) is 12.1. The molecule has 0 heterocycles. The summed E-state index contributed by atoms with van der Waals surface area (Å²) in [4.78, 5) is 0. The van der Waals surface area contributed by atoms with Crippen molar-refractivity contribution in [2.45, 2.75) is 68.9 Å². The Labute approximate surface area is 132 Å². The lowest BCUT2D eigenvalue weighted by molar-refractivity contribution is 0.471. The maximum Gasteiger partial charge on any atom is 0.281 e. The van der Waals surface area contributed by atoms with Crippen LogP contribution in [0, 0.1) is 0 Å². The van der Waals surface area contributed by atoms with Gasteiger partial charge in [0.05, 0.1) is 5.75 Å². The monoisotopic (exact) mass is 364 g/mol. The highest BCUT2D eigenvalue weighted by Crippen LogP contribution is 2.16. The van der Waals surface area contributed by atoms with Crippen LogP contribution in [0.3, 0.4) is 0 Å². The molecular formula is C12H25ClO6S2. The zero-order valence-corrected chi connectivity index (χ0v) is 14.5. The molecule has 0 aliphatic carbocycles. The van der Waals surface area contributed by atoms with Gasteiger partial charge in [0.2, 0.25) is 0 Å². The lowest BCUT2D eigenvalue weighted by Gasteiger charge is -2.05. The first-order valence-corrected chi connectivity index (χ1v) is 10.7. The summed E-state index contributed by atoms with van der Waals surface area (Å²) in [5, 5.41) is 0. The van der Waals surface area contributed by atoms with Crippen molar-refractivity contribution in [3.8, 4) is 0 Å². The summed E-state index contributed by atoms with van der Waals surface area (Å²) in [6.45, 7) is 0. The fourth-order valence-corrected chi connectivity index (χ4v) is 3.16. The maximum absolute atomic E-state index is 10.7. The quantitative estimate of drug-likeness (QED) is 0.295. The molecule has 9 heteroatoms. The lowest BCUT2D eigenvalue weighted by atomic mass is 10.1. The minimum Gasteiger partial charge on any atom is -0.286 e. The summed E-state index contributed by atoms with van der Waals surface area (Å²) in [6.07, 6.45) is 8.13. The summed E-state index contributed by atoms with van der Waals surface area (Å²) < 4.78 is 58.2. The van der Waals surface area contributed by atoms with Crippen LogP contribution in [-0.2, 0) is 20.2 Å². The van der Waals surface area contributed by atoms with Crippen LogP contribution in [0.15, 0.2) is 0 Å². The second-order valence-electron chi connectivity index (χ2n) is 5.18. The number of halogens is 1. The molecule has 0 saturated heterocycles. The number of unbranched alkanes of at least 4 members (excludes halogenated alkanes) is 8. The highest BCUT2D eigenvalue weighted by atomic mass is 35.5. The summed E-state index contributed by atoms with van der Waals surface area (Å²) >= 11 is 5.50. The molecule has 21 heavy (non-hydrogen) atoms. The van der Waals surface area contributed by atoms with Gasteiger partial charge in [-0.05, 0) is 12.8 Å². The van der Waals surface area contributed by atoms with E-state index in [2.05, 4.69) is 0 Å². The molecule has 0 aromatic carbocycles. The molecule has 1 unspecified atom stereocenters. The van der Waals surface area contributed by atoms with Crippen LogP contribution in [0.25, 0.3) is 0 Å². The van der Waals surface area contributed by atoms with Gasteiger partial charge in [-0.3, -0.25) is 9.11 Å². The van der Waals surface area contributed by atoms with E-state index in [0.717, 1.165) is 44.9 Å². The van der Waals surface area contributed by atoms with Crippen molar-refractivity contribution in [2.75, 3.05) is 5.75 Å². The van der Waals surface area contributed by atoms with Crippen molar-refractivity contribution < 1.29 is 25.9 Å². The van der Waals surface area contributed by atoms with Gasteiger partial charge in [-0.25, -0.2) is 0 Å². The van der Waals surface area contributed by atoms with E-state index in [1.807, 2.05) is 0 Å². The van der Waals surface area contributed by atoms with Crippen LogP contribution in [0.5, 0.6) is 0 Å². The molecule has 0 aromatic rings. The van der Waals surface area contributed by atoms with Gasteiger partial charge in [0.1, 0.15) is 0 Å².